The predicted molar refractivity (Wildman–Crippen MR) is 73.1 cm³/mol. The fraction of sp³-hybridized carbons (Fsp3) is 0.0769. The molecule has 0 atom stereocenters. The van der Waals surface area contributed by atoms with Gasteiger partial charge in [0.15, 0.2) is 0 Å². The zero-order valence-corrected chi connectivity index (χ0v) is 10.6. The summed E-state index contributed by atoms with van der Waals surface area (Å²) in [5.41, 5.74) is 8.42. The maximum atomic E-state index is 5.79. The number of ether oxygens (including phenoxy) is 1. The summed E-state index contributed by atoms with van der Waals surface area (Å²) in [7, 11) is 0. The van der Waals surface area contributed by atoms with Gasteiger partial charge in [0, 0.05) is 5.69 Å². The Hall–Kier alpha value is -2.14. The molecule has 0 spiro atoms. The summed E-state index contributed by atoms with van der Waals surface area (Å²) >= 11 is 1.57. The maximum Gasteiger partial charge on any atom is 0.240 e. The Labute approximate surface area is 108 Å². The molecular weight excluding hydrogens is 246 g/mol. The molecule has 18 heavy (non-hydrogen) atoms. The molecule has 0 amide bonds. The van der Waals surface area contributed by atoms with E-state index >= 15 is 0 Å². The van der Waals surface area contributed by atoms with E-state index in [1.165, 1.54) is 6.33 Å². The molecule has 0 aliphatic rings. The molecule has 0 aliphatic carbocycles. The van der Waals surface area contributed by atoms with Crippen molar-refractivity contribution in [3.63, 3.8) is 0 Å². The van der Waals surface area contributed by atoms with E-state index in [0.29, 0.717) is 5.88 Å². The minimum Gasteiger partial charge on any atom is -0.437 e. The minimum absolute atomic E-state index is 0.583. The number of nitrogens with zero attached hydrogens (tertiary/aromatic N) is 2. The van der Waals surface area contributed by atoms with Crippen LogP contribution in [-0.2, 0) is 0 Å². The van der Waals surface area contributed by atoms with Crippen molar-refractivity contribution in [3.8, 4) is 11.6 Å². The summed E-state index contributed by atoms with van der Waals surface area (Å²) in [6, 6.07) is 7.51. The number of rotatable bonds is 2. The van der Waals surface area contributed by atoms with Gasteiger partial charge in [-0.25, -0.2) is 9.97 Å². The van der Waals surface area contributed by atoms with E-state index in [1.54, 1.807) is 11.3 Å². The second-order valence-electron chi connectivity index (χ2n) is 3.93. The lowest BCUT2D eigenvalue weighted by molar-refractivity contribution is 0.469. The number of aryl methyl sites for hydroxylation is 1. The molecule has 0 unspecified atom stereocenters. The van der Waals surface area contributed by atoms with Crippen LogP contribution in [0.1, 0.15) is 5.56 Å². The fourth-order valence-electron chi connectivity index (χ4n) is 1.66. The third kappa shape index (κ3) is 1.89. The predicted octanol–water partition coefficient (Wildman–Crippen LogP) is 3.37. The Bertz CT molecular complexity index is 708. The smallest absolute Gasteiger partial charge is 0.240 e. The van der Waals surface area contributed by atoms with E-state index in [9.17, 15) is 0 Å². The first-order valence-corrected chi connectivity index (χ1v) is 6.34. The van der Waals surface area contributed by atoms with Gasteiger partial charge in [0.1, 0.15) is 16.8 Å². The highest BCUT2D eigenvalue weighted by molar-refractivity contribution is 7.17. The van der Waals surface area contributed by atoms with Crippen molar-refractivity contribution in [1.29, 1.82) is 0 Å². The third-order valence-electron chi connectivity index (χ3n) is 2.67. The van der Waals surface area contributed by atoms with Crippen LogP contribution in [0.15, 0.2) is 36.0 Å². The zero-order valence-electron chi connectivity index (χ0n) is 9.75. The van der Waals surface area contributed by atoms with Gasteiger partial charge in [-0.15, -0.1) is 11.3 Å². The SMILES string of the molecule is Cc1cc(Oc2ncnc3ccsc23)ccc1N. The average Bonchev–Trinajstić information content (AvgIpc) is 2.83. The van der Waals surface area contributed by atoms with Crippen molar-refractivity contribution < 1.29 is 4.74 Å². The molecule has 5 heteroatoms. The topological polar surface area (TPSA) is 61.0 Å². The lowest BCUT2D eigenvalue weighted by atomic mass is 10.2. The Kier molecular flexibility index (Phi) is 2.60. The van der Waals surface area contributed by atoms with Crippen LogP contribution in [0.5, 0.6) is 11.6 Å². The summed E-state index contributed by atoms with van der Waals surface area (Å²) < 4.78 is 6.74. The molecule has 0 saturated carbocycles. The van der Waals surface area contributed by atoms with E-state index in [2.05, 4.69) is 9.97 Å². The Morgan fingerprint density at radius 3 is 2.94 bits per heavy atom. The van der Waals surface area contributed by atoms with Gasteiger partial charge in [-0.05, 0) is 42.1 Å². The number of hydrogen-bond acceptors (Lipinski definition) is 5. The molecule has 3 rings (SSSR count). The highest BCUT2D eigenvalue weighted by atomic mass is 32.1. The molecule has 0 fully saturated rings. The first-order valence-electron chi connectivity index (χ1n) is 5.46. The first-order chi connectivity index (χ1) is 8.74. The number of nitrogens with two attached hydrogens (primary N) is 1. The monoisotopic (exact) mass is 257 g/mol. The number of hydrogen-bond donors (Lipinski definition) is 1. The molecule has 90 valence electrons. The summed E-state index contributed by atoms with van der Waals surface area (Å²) in [5, 5.41) is 1.97. The molecule has 0 radical (unpaired) electrons. The van der Waals surface area contributed by atoms with Crippen molar-refractivity contribution in [3.05, 3.63) is 41.5 Å². The van der Waals surface area contributed by atoms with Crippen LogP contribution < -0.4 is 10.5 Å². The molecule has 0 saturated heterocycles. The van der Waals surface area contributed by atoms with Crippen molar-refractivity contribution in [1.82, 2.24) is 9.97 Å². The molecule has 0 aliphatic heterocycles. The molecule has 2 N–H and O–H groups in total. The number of benzene rings is 1. The van der Waals surface area contributed by atoms with Gasteiger partial charge in [0.2, 0.25) is 5.88 Å². The standard InChI is InChI=1S/C13H11N3OS/c1-8-6-9(2-3-10(8)14)17-13-12-11(4-5-18-12)15-7-16-13/h2-7H,14H2,1H3. The lowest BCUT2D eigenvalue weighted by Gasteiger charge is -2.07. The highest BCUT2D eigenvalue weighted by Gasteiger charge is 2.07. The van der Waals surface area contributed by atoms with Gasteiger partial charge in [-0.3, -0.25) is 0 Å². The number of nitrogen functional groups attached to an aromatic ring is 1. The number of fused-ring (bicyclic) bond motifs is 1. The number of anilines is 1. The molecule has 3 aromatic rings. The molecular formula is C13H11N3OS. The van der Waals surface area contributed by atoms with E-state index < -0.39 is 0 Å². The van der Waals surface area contributed by atoms with E-state index in [-0.39, 0.29) is 0 Å². The van der Waals surface area contributed by atoms with Gasteiger partial charge >= 0.3 is 0 Å². The fourth-order valence-corrected chi connectivity index (χ4v) is 2.43. The molecule has 2 aromatic heterocycles. The van der Waals surface area contributed by atoms with Gasteiger partial charge < -0.3 is 10.5 Å². The molecule has 0 bridgehead atoms. The van der Waals surface area contributed by atoms with E-state index in [0.717, 1.165) is 27.2 Å². The van der Waals surface area contributed by atoms with Crippen LogP contribution in [0.2, 0.25) is 0 Å². The molecule has 4 nitrogen and oxygen atoms in total. The van der Waals surface area contributed by atoms with Gasteiger partial charge in [0.25, 0.3) is 0 Å². The normalized spacial score (nSPS) is 10.7. The first kappa shape index (κ1) is 11.0. The number of aromatic nitrogens is 2. The van der Waals surface area contributed by atoms with Crippen LogP contribution in [0, 0.1) is 6.92 Å². The maximum absolute atomic E-state index is 5.79. The van der Waals surface area contributed by atoms with E-state index in [4.69, 9.17) is 10.5 Å². The quantitative estimate of drug-likeness (QED) is 0.715. The average molecular weight is 257 g/mol. The minimum atomic E-state index is 0.583. The van der Waals surface area contributed by atoms with Crippen LogP contribution in [-0.4, -0.2) is 9.97 Å². The summed E-state index contributed by atoms with van der Waals surface area (Å²) in [4.78, 5) is 8.35. The van der Waals surface area contributed by atoms with Crippen molar-refractivity contribution in [2.75, 3.05) is 5.73 Å². The summed E-state index contributed by atoms with van der Waals surface area (Å²) in [6.07, 6.45) is 1.51. The van der Waals surface area contributed by atoms with Gasteiger partial charge in [-0.1, -0.05) is 0 Å². The zero-order chi connectivity index (χ0) is 12.5. The second-order valence-corrected chi connectivity index (χ2v) is 4.85. The van der Waals surface area contributed by atoms with Crippen molar-refractivity contribution in [2.45, 2.75) is 6.92 Å². The van der Waals surface area contributed by atoms with Crippen LogP contribution in [0.25, 0.3) is 10.2 Å². The Morgan fingerprint density at radius 1 is 1.22 bits per heavy atom. The van der Waals surface area contributed by atoms with Crippen LogP contribution >= 0.6 is 11.3 Å². The Balaban J connectivity index is 2.01. The highest BCUT2D eigenvalue weighted by Crippen LogP contribution is 2.31. The summed E-state index contributed by atoms with van der Waals surface area (Å²) in [5.74, 6) is 1.31. The van der Waals surface area contributed by atoms with Gasteiger partial charge in [0.05, 0.1) is 5.52 Å². The van der Waals surface area contributed by atoms with Crippen LogP contribution in [0.3, 0.4) is 0 Å². The second kappa shape index (κ2) is 4.27. The third-order valence-corrected chi connectivity index (χ3v) is 3.56. The molecule has 2 heterocycles. The van der Waals surface area contributed by atoms with E-state index in [1.807, 2.05) is 36.6 Å². The Morgan fingerprint density at radius 2 is 2.11 bits per heavy atom. The lowest BCUT2D eigenvalue weighted by Crippen LogP contribution is -1.92. The molecule has 1 aromatic carbocycles. The largest absolute Gasteiger partial charge is 0.437 e. The van der Waals surface area contributed by atoms with Crippen molar-refractivity contribution >= 4 is 27.2 Å². The van der Waals surface area contributed by atoms with Crippen LogP contribution in [0.4, 0.5) is 5.69 Å². The van der Waals surface area contributed by atoms with Crippen molar-refractivity contribution in [2.24, 2.45) is 0 Å². The number of thiophene rings is 1. The van der Waals surface area contributed by atoms with Gasteiger partial charge in [-0.2, -0.15) is 0 Å². The summed E-state index contributed by atoms with van der Waals surface area (Å²) in [6.45, 7) is 1.95.